The van der Waals surface area contributed by atoms with Crippen LogP contribution in [0.4, 0.5) is 5.82 Å². The third-order valence-corrected chi connectivity index (χ3v) is 3.36. The normalized spacial score (nSPS) is 24.6. The summed E-state index contributed by atoms with van der Waals surface area (Å²) in [5, 5.41) is 0. The van der Waals surface area contributed by atoms with Crippen molar-refractivity contribution in [2.75, 3.05) is 38.2 Å². The molecule has 0 aromatic carbocycles. The molecule has 0 N–H and O–H groups in total. The van der Waals surface area contributed by atoms with Gasteiger partial charge in [0.2, 0.25) is 0 Å². The molecule has 2 aliphatic heterocycles. The van der Waals surface area contributed by atoms with Crippen molar-refractivity contribution in [2.45, 2.75) is 13.0 Å². The summed E-state index contributed by atoms with van der Waals surface area (Å²) in [4.78, 5) is 9.25. The second-order valence-corrected chi connectivity index (χ2v) is 4.75. The quantitative estimate of drug-likeness (QED) is 0.648. The standard InChI is InChI=1S/C12H17N3O/c1-9-5-11-12(13-6-9)15-4-3-14(2)7-10(15)8-16-11/h5-6,10H,3-4,7-8H2,1-2H3. The lowest BCUT2D eigenvalue weighted by molar-refractivity contribution is 0.186. The maximum atomic E-state index is 5.79. The zero-order valence-corrected chi connectivity index (χ0v) is 9.81. The Kier molecular flexibility index (Phi) is 2.24. The van der Waals surface area contributed by atoms with Crippen LogP contribution in [0.25, 0.3) is 0 Å². The topological polar surface area (TPSA) is 28.6 Å². The summed E-state index contributed by atoms with van der Waals surface area (Å²) < 4.78 is 5.79. The molecular formula is C12H17N3O. The van der Waals surface area contributed by atoms with Crippen LogP contribution in [0.5, 0.6) is 5.75 Å². The first kappa shape index (κ1) is 9.90. The van der Waals surface area contributed by atoms with Gasteiger partial charge in [-0.15, -0.1) is 0 Å². The summed E-state index contributed by atoms with van der Waals surface area (Å²) in [5.74, 6) is 1.97. The number of piperazine rings is 1. The highest BCUT2D eigenvalue weighted by Gasteiger charge is 2.32. The van der Waals surface area contributed by atoms with Crippen molar-refractivity contribution in [1.82, 2.24) is 9.88 Å². The Morgan fingerprint density at radius 3 is 3.19 bits per heavy atom. The molecule has 1 aromatic rings. The van der Waals surface area contributed by atoms with Crippen LogP contribution in [0.15, 0.2) is 12.3 Å². The van der Waals surface area contributed by atoms with Crippen molar-refractivity contribution in [3.8, 4) is 5.75 Å². The van der Waals surface area contributed by atoms with E-state index in [2.05, 4.69) is 27.9 Å². The lowest BCUT2D eigenvalue weighted by Gasteiger charge is -2.43. The van der Waals surface area contributed by atoms with E-state index >= 15 is 0 Å². The van der Waals surface area contributed by atoms with Gasteiger partial charge in [-0.3, -0.25) is 0 Å². The molecule has 1 fully saturated rings. The zero-order chi connectivity index (χ0) is 11.1. The lowest BCUT2D eigenvalue weighted by atomic mass is 10.1. The number of pyridine rings is 1. The first-order chi connectivity index (χ1) is 7.74. The second kappa shape index (κ2) is 3.63. The number of hydrogen-bond acceptors (Lipinski definition) is 4. The van der Waals surface area contributed by atoms with Crippen molar-refractivity contribution in [1.29, 1.82) is 0 Å². The smallest absolute Gasteiger partial charge is 0.171 e. The van der Waals surface area contributed by atoms with Crippen LogP contribution in [0, 0.1) is 6.92 Å². The van der Waals surface area contributed by atoms with Crippen LogP contribution in [0.3, 0.4) is 0 Å². The fourth-order valence-corrected chi connectivity index (χ4v) is 2.48. The van der Waals surface area contributed by atoms with E-state index in [0.717, 1.165) is 43.4 Å². The number of nitrogens with zero attached hydrogens (tertiary/aromatic N) is 3. The average molecular weight is 219 g/mol. The summed E-state index contributed by atoms with van der Waals surface area (Å²) in [6, 6.07) is 2.54. The third-order valence-electron chi connectivity index (χ3n) is 3.36. The minimum absolute atomic E-state index is 0.460. The number of fused-ring (bicyclic) bond motifs is 3. The van der Waals surface area contributed by atoms with Gasteiger partial charge in [0.15, 0.2) is 11.6 Å². The average Bonchev–Trinajstić information content (AvgIpc) is 2.28. The molecule has 1 aromatic heterocycles. The Morgan fingerprint density at radius 2 is 2.31 bits per heavy atom. The molecule has 1 unspecified atom stereocenters. The van der Waals surface area contributed by atoms with Gasteiger partial charge in [0, 0.05) is 25.8 Å². The van der Waals surface area contributed by atoms with E-state index in [1.165, 1.54) is 0 Å². The van der Waals surface area contributed by atoms with E-state index in [-0.39, 0.29) is 0 Å². The first-order valence-electron chi connectivity index (χ1n) is 5.78. The molecule has 0 radical (unpaired) electrons. The number of rotatable bonds is 0. The molecular weight excluding hydrogens is 202 g/mol. The number of hydrogen-bond donors (Lipinski definition) is 0. The molecule has 3 rings (SSSR count). The second-order valence-electron chi connectivity index (χ2n) is 4.75. The van der Waals surface area contributed by atoms with Crippen molar-refractivity contribution in [3.05, 3.63) is 17.8 Å². The molecule has 4 heteroatoms. The Bertz CT molecular complexity index is 407. The van der Waals surface area contributed by atoms with Crippen molar-refractivity contribution >= 4 is 5.82 Å². The minimum Gasteiger partial charge on any atom is -0.487 e. The van der Waals surface area contributed by atoms with Gasteiger partial charge in [-0.1, -0.05) is 0 Å². The summed E-state index contributed by atoms with van der Waals surface area (Å²) in [7, 11) is 2.16. The van der Waals surface area contributed by atoms with E-state index in [1.54, 1.807) is 0 Å². The van der Waals surface area contributed by atoms with Crippen molar-refractivity contribution < 1.29 is 4.74 Å². The summed E-state index contributed by atoms with van der Waals surface area (Å²) in [6.45, 7) is 6.04. The van der Waals surface area contributed by atoms with Gasteiger partial charge in [-0.25, -0.2) is 4.98 Å². The van der Waals surface area contributed by atoms with Crippen LogP contribution in [-0.4, -0.2) is 49.2 Å². The van der Waals surface area contributed by atoms with Gasteiger partial charge >= 0.3 is 0 Å². The van der Waals surface area contributed by atoms with Crippen LogP contribution < -0.4 is 9.64 Å². The van der Waals surface area contributed by atoms with E-state index in [1.807, 2.05) is 13.1 Å². The molecule has 0 amide bonds. The third kappa shape index (κ3) is 1.53. The summed E-state index contributed by atoms with van der Waals surface area (Å²) in [6.07, 6.45) is 1.92. The Morgan fingerprint density at radius 1 is 1.44 bits per heavy atom. The van der Waals surface area contributed by atoms with Gasteiger partial charge in [0.1, 0.15) is 6.61 Å². The SMILES string of the molecule is Cc1cnc2c(c1)OCC1CN(C)CCN21. The van der Waals surface area contributed by atoms with Crippen molar-refractivity contribution in [2.24, 2.45) is 0 Å². The lowest BCUT2D eigenvalue weighted by Crippen LogP contribution is -2.56. The van der Waals surface area contributed by atoms with Crippen molar-refractivity contribution in [3.63, 3.8) is 0 Å². The molecule has 86 valence electrons. The number of ether oxygens (including phenoxy) is 1. The van der Waals surface area contributed by atoms with E-state index < -0.39 is 0 Å². The molecule has 1 atom stereocenters. The maximum absolute atomic E-state index is 5.79. The Labute approximate surface area is 95.8 Å². The molecule has 16 heavy (non-hydrogen) atoms. The van der Waals surface area contributed by atoms with Gasteiger partial charge in [-0.2, -0.15) is 0 Å². The van der Waals surface area contributed by atoms with E-state index in [9.17, 15) is 0 Å². The van der Waals surface area contributed by atoms with Crippen LogP contribution in [0.1, 0.15) is 5.56 Å². The number of likely N-dealkylation sites (N-methyl/N-ethyl adjacent to an activating group) is 1. The highest BCUT2D eigenvalue weighted by atomic mass is 16.5. The van der Waals surface area contributed by atoms with Crippen LogP contribution in [0.2, 0.25) is 0 Å². The highest BCUT2D eigenvalue weighted by Crippen LogP contribution is 2.33. The zero-order valence-electron chi connectivity index (χ0n) is 9.81. The maximum Gasteiger partial charge on any atom is 0.171 e. The van der Waals surface area contributed by atoms with Crippen LogP contribution >= 0.6 is 0 Å². The van der Waals surface area contributed by atoms with Gasteiger partial charge in [0.05, 0.1) is 6.04 Å². The predicted octanol–water partition coefficient (Wildman–Crippen LogP) is 0.903. The van der Waals surface area contributed by atoms with E-state index in [0.29, 0.717) is 6.04 Å². The molecule has 0 aliphatic carbocycles. The Balaban J connectivity index is 1.94. The first-order valence-corrected chi connectivity index (χ1v) is 5.78. The highest BCUT2D eigenvalue weighted by molar-refractivity contribution is 5.56. The minimum atomic E-state index is 0.460. The predicted molar refractivity (Wildman–Crippen MR) is 63.1 cm³/mol. The Hall–Kier alpha value is -1.29. The summed E-state index contributed by atoms with van der Waals surface area (Å²) >= 11 is 0. The molecule has 4 nitrogen and oxygen atoms in total. The molecule has 0 spiro atoms. The number of aryl methyl sites for hydroxylation is 1. The summed E-state index contributed by atoms with van der Waals surface area (Å²) in [5.41, 5.74) is 1.16. The number of anilines is 1. The molecule has 0 saturated carbocycles. The van der Waals surface area contributed by atoms with Crippen LogP contribution in [-0.2, 0) is 0 Å². The molecule has 1 saturated heterocycles. The fourth-order valence-electron chi connectivity index (χ4n) is 2.48. The van der Waals surface area contributed by atoms with Gasteiger partial charge < -0.3 is 14.5 Å². The van der Waals surface area contributed by atoms with E-state index in [4.69, 9.17) is 4.74 Å². The largest absolute Gasteiger partial charge is 0.487 e. The molecule has 0 bridgehead atoms. The van der Waals surface area contributed by atoms with Gasteiger partial charge in [-0.05, 0) is 25.6 Å². The number of aromatic nitrogens is 1. The molecule has 2 aliphatic rings. The molecule has 3 heterocycles. The van der Waals surface area contributed by atoms with Gasteiger partial charge in [0.25, 0.3) is 0 Å². The fraction of sp³-hybridized carbons (Fsp3) is 0.583. The monoisotopic (exact) mass is 219 g/mol.